The second-order valence-corrected chi connectivity index (χ2v) is 5.81. The number of anilines is 1. The van der Waals surface area contributed by atoms with Gasteiger partial charge in [0.2, 0.25) is 0 Å². The van der Waals surface area contributed by atoms with E-state index in [1.807, 2.05) is 0 Å². The van der Waals surface area contributed by atoms with Crippen LogP contribution in [-0.2, 0) is 6.42 Å². The lowest BCUT2D eigenvalue weighted by atomic mass is 9.95. The zero-order valence-corrected chi connectivity index (χ0v) is 10.6. The van der Waals surface area contributed by atoms with Crippen LogP contribution >= 0.6 is 0 Å². The molecule has 1 aliphatic carbocycles. The van der Waals surface area contributed by atoms with Crippen LogP contribution in [0.25, 0.3) is 0 Å². The van der Waals surface area contributed by atoms with E-state index in [4.69, 9.17) is 11.0 Å². The number of benzene rings is 1. The first-order chi connectivity index (χ1) is 8.72. The average Bonchev–Trinajstić information content (AvgIpc) is 3.09. The van der Waals surface area contributed by atoms with Crippen LogP contribution in [0.5, 0.6) is 0 Å². The minimum absolute atomic E-state index is 0.220. The van der Waals surface area contributed by atoms with Gasteiger partial charge in [0.05, 0.1) is 6.07 Å². The Morgan fingerprint density at radius 1 is 1.39 bits per heavy atom. The first-order valence-electron chi connectivity index (χ1n) is 6.68. The molecule has 2 N–H and O–H groups in total. The van der Waals surface area contributed by atoms with Crippen molar-refractivity contribution in [3.63, 3.8) is 0 Å². The molecule has 1 saturated carbocycles. The van der Waals surface area contributed by atoms with Crippen LogP contribution in [0.1, 0.15) is 24.8 Å². The van der Waals surface area contributed by atoms with E-state index in [0.717, 1.165) is 19.5 Å². The first kappa shape index (κ1) is 11.6. The normalized spacial score (nSPS) is 24.2. The van der Waals surface area contributed by atoms with Crippen molar-refractivity contribution in [1.82, 2.24) is 0 Å². The lowest BCUT2D eigenvalue weighted by molar-refractivity contribution is 0.482. The molecule has 0 spiro atoms. The molecule has 1 aromatic rings. The number of fused-ring (bicyclic) bond motifs is 1. The third-order valence-corrected chi connectivity index (χ3v) is 4.21. The molecule has 18 heavy (non-hydrogen) atoms. The standard InChI is InChI=1S/C15H19N3/c16-8-7-15(5-6-15)11-18-10-13(17)9-12-3-1-2-4-14(12)18/h1-4,13H,5-7,9-11,17H2. The predicted molar refractivity (Wildman–Crippen MR) is 72.2 cm³/mol. The molecular formula is C15H19N3. The van der Waals surface area contributed by atoms with Gasteiger partial charge in [-0.15, -0.1) is 0 Å². The Balaban J connectivity index is 1.83. The Bertz CT molecular complexity index is 485. The van der Waals surface area contributed by atoms with Crippen molar-refractivity contribution in [3.05, 3.63) is 29.8 Å². The molecule has 1 heterocycles. The summed E-state index contributed by atoms with van der Waals surface area (Å²) in [6.07, 6.45) is 4.03. The molecule has 94 valence electrons. The fraction of sp³-hybridized carbons (Fsp3) is 0.533. The van der Waals surface area contributed by atoms with Crippen molar-refractivity contribution >= 4 is 5.69 Å². The number of hydrogen-bond donors (Lipinski definition) is 1. The largest absolute Gasteiger partial charge is 0.369 e. The van der Waals surface area contributed by atoms with Crippen LogP contribution in [0, 0.1) is 16.7 Å². The molecule has 1 aromatic carbocycles. The van der Waals surface area contributed by atoms with Gasteiger partial charge in [-0.1, -0.05) is 18.2 Å². The maximum Gasteiger partial charge on any atom is 0.0628 e. The van der Waals surface area contributed by atoms with Gasteiger partial charge in [-0.25, -0.2) is 0 Å². The van der Waals surface area contributed by atoms with Crippen LogP contribution < -0.4 is 10.6 Å². The SMILES string of the molecule is N#CCC1(CN2CC(N)Cc3ccccc32)CC1. The van der Waals surface area contributed by atoms with E-state index in [2.05, 4.69) is 35.2 Å². The van der Waals surface area contributed by atoms with Crippen molar-refractivity contribution < 1.29 is 0 Å². The molecule has 0 bridgehead atoms. The summed E-state index contributed by atoms with van der Waals surface area (Å²) >= 11 is 0. The number of nitrogens with two attached hydrogens (primary N) is 1. The Kier molecular flexibility index (Phi) is 2.76. The summed E-state index contributed by atoms with van der Waals surface area (Å²) in [4.78, 5) is 2.40. The van der Waals surface area contributed by atoms with E-state index in [-0.39, 0.29) is 11.5 Å². The molecule has 2 aliphatic rings. The van der Waals surface area contributed by atoms with Crippen LogP contribution in [0.15, 0.2) is 24.3 Å². The summed E-state index contributed by atoms with van der Waals surface area (Å²) in [5.74, 6) is 0. The molecular weight excluding hydrogens is 222 g/mol. The van der Waals surface area contributed by atoms with Gasteiger partial charge >= 0.3 is 0 Å². The second-order valence-electron chi connectivity index (χ2n) is 5.81. The van der Waals surface area contributed by atoms with E-state index < -0.39 is 0 Å². The Morgan fingerprint density at radius 2 is 2.17 bits per heavy atom. The van der Waals surface area contributed by atoms with E-state index >= 15 is 0 Å². The molecule has 1 unspecified atom stereocenters. The first-order valence-corrected chi connectivity index (χ1v) is 6.68. The fourth-order valence-electron chi connectivity index (χ4n) is 3.01. The molecule has 0 amide bonds. The number of para-hydroxylation sites is 1. The topological polar surface area (TPSA) is 53.0 Å². The molecule has 1 fully saturated rings. The summed E-state index contributed by atoms with van der Waals surface area (Å²) in [6.45, 7) is 1.91. The zero-order valence-electron chi connectivity index (χ0n) is 10.6. The third kappa shape index (κ3) is 2.09. The lowest BCUT2D eigenvalue weighted by Crippen LogP contribution is -2.45. The molecule has 3 rings (SSSR count). The van der Waals surface area contributed by atoms with Crippen molar-refractivity contribution in [2.45, 2.75) is 31.7 Å². The molecule has 0 saturated heterocycles. The van der Waals surface area contributed by atoms with Crippen LogP contribution in [0.2, 0.25) is 0 Å². The van der Waals surface area contributed by atoms with E-state index in [0.29, 0.717) is 6.42 Å². The highest BCUT2D eigenvalue weighted by Gasteiger charge is 2.44. The van der Waals surface area contributed by atoms with Gasteiger partial charge in [0, 0.05) is 36.7 Å². The van der Waals surface area contributed by atoms with E-state index in [1.165, 1.54) is 24.1 Å². The number of nitrogens with zero attached hydrogens (tertiary/aromatic N) is 2. The Labute approximate surface area is 108 Å². The minimum Gasteiger partial charge on any atom is -0.369 e. The number of rotatable bonds is 3. The van der Waals surface area contributed by atoms with Crippen LogP contribution in [0.4, 0.5) is 5.69 Å². The zero-order chi connectivity index (χ0) is 12.6. The quantitative estimate of drug-likeness (QED) is 0.881. The summed E-state index contributed by atoms with van der Waals surface area (Å²) in [7, 11) is 0. The van der Waals surface area contributed by atoms with Crippen molar-refractivity contribution in [2.24, 2.45) is 11.1 Å². The molecule has 0 radical (unpaired) electrons. The predicted octanol–water partition coefficient (Wildman–Crippen LogP) is 2.07. The summed E-state index contributed by atoms with van der Waals surface area (Å²) in [5.41, 5.74) is 9.07. The average molecular weight is 241 g/mol. The lowest BCUT2D eigenvalue weighted by Gasteiger charge is -2.36. The molecule has 0 aromatic heterocycles. The highest BCUT2D eigenvalue weighted by atomic mass is 15.2. The molecule has 3 nitrogen and oxygen atoms in total. The smallest absolute Gasteiger partial charge is 0.0628 e. The maximum absolute atomic E-state index is 8.93. The molecule has 3 heteroatoms. The summed E-state index contributed by atoms with van der Waals surface area (Å²) in [6, 6.07) is 11.1. The van der Waals surface area contributed by atoms with Gasteiger partial charge in [0.15, 0.2) is 0 Å². The summed E-state index contributed by atoms with van der Waals surface area (Å²) < 4.78 is 0. The van der Waals surface area contributed by atoms with Gasteiger partial charge in [-0.2, -0.15) is 5.26 Å². The number of nitriles is 1. The second kappa shape index (κ2) is 4.29. The minimum atomic E-state index is 0.220. The van der Waals surface area contributed by atoms with Crippen molar-refractivity contribution in [1.29, 1.82) is 5.26 Å². The van der Waals surface area contributed by atoms with Gasteiger partial charge in [-0.3, -0.25) is 0 Å². The van der Waals surface area contributed by atoms with E-state index in [1.54, 1.807) is 0 Å². The van der Waals surface area contributed by atoms with Gasteiger partial charge in [0.1, 0.15) is 0 Å². The highest BCUT2D eigenvalue weighted by molar-refractivity contribution is 5.56. The van der Waals surface area contributed by atoms with Gasteiger partial charge < -0.3 is 10.6 Å². The maximum atomic E-state index is 8.93. The van der Waals surface area contributed by atoms with Gasteiger partial charge in [-0.05, 0) is 30.9 Å². The number of hydrogen-bond acceptors (Lipinski definition) is 3. The van der Waals surface area contributed by atoms with E-state index in [9.17, 15) is 0 Å². The third-order valence-electron chi connectivity index (χ3n) is 4.21. The van der Waals surface area contributed by atoms with Crippen molar-refractivity contribution in [3.8, 4) is 6.07 Å². The summed E-state index contributed by atoms with van der Waals surface area (Å²) in [5, 5.41) is 8.93. The monoisotopic (exact) mass is 241 g/mol. The highest BCUT2D eigenvalue weighted by Crippen LogP contribution is 2.50. The van der Waals surface area contributed by atoms with Crippen molar-refractivity contribution in [2.75, 3.05) is 18.0 Å². The van der Waals surface area contributed by atoms with Gasteiger partial charge in [0.25, 0.3) is 0 Å². The Hall–Kier alpha value is -1.53. The van der Waals surface area contributed by atoms with Crippen LogP contribution in [0.3, 0.4) is 0 Å². The Morgan fingerprint density at radius 3 is 2.89 bits per heavy atom. The molecule has 1 atom stereocenters. The van der Waals surface area contributed by atoms with Crippen LogP contribution in [-0.4, -0.2) is 19.1 Å². The molecule has 1 aliphatic heterocycles. The fourth-order valence-corrected chi connectivity index (χ4v) is 3.01.